The smallest absolute Gasteiger partial charge is 0.326 e. The van der Waals surface area contributed by atoms with Crippen LogP contribution in [0.15, 0.2) is 30.3 Å². The number of nitrogens with one attached hydrogen (secondary N) is 1. The first-order chi connectivity index (χ1) is 8.48. The molecule has 0 aliphatic rings. The van der Waals surface area contributed by atoms with Crippen LogP contribution in [-0.2, 0) is 16.0 Å². The summed E-state index contributed by atoms with van der Waals surface area (Å²) >= 11 is 0. The van der Waals surface area contributed by atoms with Gasteiger partial charge in [-0.2, -0.15) is 0 Å². The van der Waals surface area contributed by atoms with Crippen molar-refractivity contribution in [3.8, 4) is 0 Å². The Bertz CT molecular complexity index is 375. The zero-order valence-electron chi connectivity index (χ0n) is 11.7. The molecule has 1 atom stereocenters. The SMILES string of the molecule is COC(=O)C(C)(Cc1ccccc1)NCC(C)C. The molecule has 0 saturated heterocycles. The summed E-state index contributed by atoms with van der Waals surface area (Å²) in [6.45, 7) is 6.92. The lowest BCUT2D eigenvalue weighted by Gasteiger charge is -2.29. The first kappa shape index (κ1) is 14.7. The second-order valence-electron chi connectivity index (χ2n) is 5.26. The lowest BCUT2D eigenvalue weighted by molar-refractivity contribution is -0.148. The highest BCUT2D eigenvalue weighted by atomic mass is 16.5. The molecule has 1 rings (SSSR count). The third-order valence-corrected chi connectivity index (χ3v) is 2.94. The van der Waals surface area contributed by atoms with E-state index >= 15 is 0 Å². The van der Waals surface area contributed by atoms with Gasteiger partial charge < -0.3 is 10.1 Å². The molecule has 1 unspecified atom stereocenters. The van der Waals surface area contributed by atoms with E-state index in [2.05, 4.69) is 19.2 Å². The van der Waals surface area contributed by atoms with Gasteiger partial charge in [-0.25, -0.2) is 0 Å². The van der Waals surface area contributed by atoms with Crippen molar-refractivity contribution in [2.45, 2.75) is 32.7 Å². The van der Waals surface area contributed by atoms with E-state index < -0.39 is 5.54 Å². The molecule has 0 aliphatic heterocycles. The summed E-state index contributed by atoms with van der Waals surface area (Å²) in [7, 11) is 1.43. The van der Waals surface area contributed by atoms with E-state index in [0.717, 1.165) is 12.1 Å². The van der Waals surface area contributed by atoms with E-state index in [-0.39, 0.29) is 5.97 Å². The lowest BCUT2D eigenvalue weighted by atomic mass is 9.92. The summed E-state index contributed by atoms with van der Waals surface area (Å²) in [6, 6.07) is 9.99. The fourth-order valence-electron chi connectivity index (χ4n) is 1.87. The molecule has 0 aromatic heterocycles. The van der Waals surface area contributed by atoms with Crippen molar-refractivity contribution in [2.24, 2.45) is 5.92 Å². The molecular formula is C15H23NO2. The number of methoxy groups -OCH3 is 1. The number of hydrogen-bond acceptors (Lipinski definition) is 3. The summed E-state index contributed by atoms with van der Waals surface area (Å²) < 4.78 is 4.92. The summed E-state index contributed by atoms with van der Waals surface area (Å²) in [4.78, 5) is 12.0. The van der Waals surface area contributed by atoms with E-state index in [1.165, 1.54) is 7.11 Å². The van der Waals surface area contributed by atoms with Crippen molar-refractivity contribution in [1.82, 2.24) is 5.32 Å². The Morgan fingerprint density at radius 2 is 1.94 bits per heavy atom. The van der Waals surface area contributed by atoms with Gasteiger partial charge in [0.05, 0.1) is 7.11 Å². The maximum atomic E-state index is 12.0. The number of esters is 1. The molecule has 0 saturated carbocycles. The number of hydrogen-bond donors (Lipinski definition) is 1. The third kappa shape index (κ3) is 4.15. The Hall–Kier alpha value is -1.35. The second kappa shape index (κ2) is 6.55. The highest BCUT2D eigenvalue weighted by molar-refractivity contribution is 5.80. The van der Waals surface area contributed by atoms with E-state index in [0.29, 0.717) is 12.3 Å². The number of benzene rings is 1. The van der Waals surface area contributed by atoms with Gasteiger partial charge in [-0.05, 0) is 24.9 Å². The maximum absolute atomic E-state index is 12.0. The fourth-order valence-corrected chi connectivity index (χ4v) is 1.87. The summed E-state index contributed by atoms with van der Waals surface area (Å²) in [5.74, 6) is 0.275. The van der Waals surface area contributed by atoms with Crippen LogP contribution in [0, 0.1) is 5.92 Å². The topological polar surface area (TPSA) is 38.3 Å². The largest absolute Gasteiger partial charge is 0.468 e. The van der Waals surface area contributed by atoms with Gasteiger partial charge in [0.2, 0.25) is 0 Å². The van der Waals surface area contributed by atoms with Crippen LogP contribution in [0.1, 0.15) is 26.3 Å². The standard InChI is InChI=1S/C15H23NO2/c1-12(2)11-16-15(3,14(17)18-4)10-13-8-6-5-7-9-13/h5-9,12,16H,10-11H2,1-4H3. The van der Waals surface area contributed by atoms with Crippen LogP contribution in [0.4, 0.5) is 0 Å². The summed E-state index contributed by atoms with van der Waals surface area (Å²) in [5, 5.41) is 3.32. The maximum Gasteiger partial charge on any atom is 0.326 e. The van der Waals surface area contributed by atoms with Crippen molar-refractivity contribution in [3.63, 3.8) is 0 Å². The minimum atomic E-state index is -0.666. The monoisotopic (exact) mass is 249 g/mol. The first-order valence-corrected chi connectivity index (χ1v) is 6.35. The molecule has 0 radical (unpaired) electrons. The highest BCUT2D eigenvalue weighted by Crippen LogP contribution is 2.15. The van der Waals surface area contributed by atoms with Gasteiger partial charge >= 0.3 is 5.97 Å². The molecule has 1 aromatic carbocycles. The molecule has 0 bridgehead atoms. The molecule has 0 heterocycles. The van der Waals surface area contributed by atoms with E-state index in [1.54, 1.807) is 0 Å². The molecule has 0 fully saturated rings. The van der Waals surface area contributed by atoms with Crippen molar-refractivity contribution in [1.29, 1.82) is 0 Å². The van der Waals surface area contributed by atoms with Crippen LogP contribution < -0.4 is 5.32 Å². The molecule has 1 aromatic rings. The third-order valence-electron chi connectivity index (χ3n) is 2.94. The van der Waals surface area contributed by atoms with Crippen molar-refractivity contribution in [2.75, 3.05) is 13.7 Å². The Morgan fingerprint density at radius 1 is 1.33 bits per heavy atom. The van der Waals surface area contributed by atoms with Crippen LogP contribution in [0.25, 0.3) is 0 Å². The molecule has 3 heteroatoms. The molecule has 0 aliphatic carbocycles. The van der Waals surface area contributed by atoms with Crippen LogP contribution in [0.2, 0.25) is 0 Å². The number of ether oxygens (including phenoxy) is 1. The van der Waals surface area contributed by atoms with Crippen LogP contribution in [0.5, 0.6) is 0 Å². The predicted octanol–water partition coefficient (Wildman–Crippen LogP) is 2.41. The molecule has 3 nitrogen and oxygen atoms in total. The summed E-state index contributed by atoms with van der Waals surface area (Å²) in [5.41, 5.74) is 0.460. The minimum Gasteiger partial charge on any atom is -0.468 e. The zero-order valence-corrected chi connectivity index (χ0v) is 11.7. The number of rotatable bonds is 6. The molecule has 0 spiro atoms. The molecule has 1 N–H and O–H groups in total. The number of carbonyl (C=O) groups is 1. The quantitative estimate of drug-likeness (QED) is 0.787. The fraction of sp³-hybridized carbons (Fsp3) is 0.533. The molecular weight excluding hydrogens is 226 g/mol. The van der Waals surface area contributed by atoms with Gasteiger partial charge in [0.25, 0.3) is 0 Å². The van der Waals surface area contributed by atoms with E-state index in [4.69, 9.17) is 4.74 Å². The average molecular weight is 249 g/mol. The van der Waals surface area contributed by atoms with Gasteiger partial charge in [-0.15, -0.1) is 0 Å². The molecule has 18 heavy (non-hydrogen) atoms. The van der Waals surface area contributed by atoms with Gasteiger partial charge in [-0.1, -0.05) is 44.2 Å². The average Bonchev–Trinajstić information content (AvgIpc) is 2.36. The molecule has 100 valence electrons. The van der Waals surface area contributed by atoms with Gasteiger partial charge in [0.1, 0.15) is 5.54 Å². The Balaban J connectivity index is 2.80. The van der Waals surface area contributed by atoms with Gasteiger partial charge in [-0.3, -0.25) is 4.79 Å². The van der Waals surface area contributed by atoms with Crippen molar-refractivity contribution in [3.05, 3.63) is 35.9 Å². The van der Waals surface area contributed by atoms with Crippen LogP contribution in [0.3, 0.4) is 0 Å². The zero-order chi connectivity index (χ0) is 13.6. The summed E-state index contributed by atoms with van der Waals surface area (Å²) in [6.07, 6.45) is 0.632. The Kier molecular flexibility index (Phi) is 5.35. The highest BCUT2D eigenvalue weighted by Gasteiger charge is 2.34. The Morgan fingerprint density at radius 3 is 2.44 bits per heavy atom. The normalized spacial score (nSPS) is 14.3. The number of carbonyl (C=O) groups excluding carboxylic acids is 1. The van der Waals surface area contributed by atoms with Gasteiger partial charge in [0.15, 0.2) is 0 Å². The first-order valence-electron chi connectivity index (χ1n) is 6.35. The predicted molar refractivity (Wildman–Crippen MR) is 73.4 cm³/mol. The molecule has 0 amide bonds. The second-order valence-corrected chi connectivity index (χ2v) is 5.26. The Labute approximate surface area is 110 Å². The van der Waals surface area contributed by atoms with Crippen molar-refractivity contribution < 1.29 is 9.53 Å². The van der Waals surface area contributed by atoms with Crippen LogP contribution >= 0.6 is 0 Å². The van der Waals surface area contributed by atoms with Crippen LogP contribution in [-0.4, -0.2) is 25.2 Å². The van der Waals surface area contributed by atoms with Crippen molar-refractivity contribution >= 4 is 5.97 Å². The minimum absolute atomic E-state index is 0.216. The van der Waals surface area contributed by atoms with E-state index in [1.807, 2.05) is 37.3 Å². The van der Waals surface area contributed by atoms with Gasteiger partial charge in [0, 0.05) is 6.42 Å². The van der Waals surface area contributed by atoms with E-state index in [9.17, 15) is 4.79 Å². The lowest BCUT2D eigenvalue weighted by Crippen LogP contribution is -2.53.